The van der Waals surface area contributed by atoms with Gasteiger partial charge in [-0.1, -0.05) is 25.6 Å². The van der Waals surface area contributed by atoms with E-state index in [2.05, 4.69) is 11.9 Å². The van der Waals surface area contributed by atoms with Gasteiger partial charge in [-0.05, 0) is 37.6 Å². The highest BCUT2D eigenvalue weighted by Gasteiger charge is 2.17. The van der Waals surface area contributed by atoms with Crippen molar-refractivity contribution in [2.45, 2.75) is 27.2 Å². The summed E-state index contributed by atoms with van der Waals surface area (Å²) in [6.45, 7) is 8.47. The molecule has 0 unspecified atom stereocenters. The van der Waals surface area contributed by atoms with Gasteiger partial charge >= 0.3 is 0 Å². The van der Waals surface area contributed by atoms with Gasteiger partial charge in [-0.3, -0.25) is 4.79 Å². The fraction of sp³-hybridized carbons (Fsp3) is 0.235. The third kappa shape index (κ3) is 4.12. The van der Waals surface area contributed by atoms with E-state index >= 15 is 0 Å². The number of benzene rings is 1. The van der Waals surface area contributed by atoms with Crippen molar-refractivity contribution >= 4 is 11.5 Å². The number of allylic oxidation sites excluding steroid dienone is 4. The Kier molecular flexibility index (Phi) is 6.03. The number of nitrogens with one attached hydrogen (secondary N) is 1. The van der Waals surface area contributed by atoms with Crippen LogP contribution in [0.3, 0.4) is 0 Å². The second-order valence-corrected chi connectivity index (χ2v) is 4.51. The molecule has 0 amide bonds. The van der Waals surface area contributed by atoms with E-state index in [0.29, 0.717) is 0 Å². The summed E-state index contributed by atoms with van der Waals surface area (Å²) in [4.78, 5) is 11.9. The van der Waals surface area contributed by atoms with E-state index in [1.807, 2.05) is 0 Å². The van der Waals surface area contributed by atoms with Crippen LogP contribution in [0, 0.1) is 12.7 Å². The van der Waals surface area contributed by atoms with E-state index in [0.717, 1.165) is 5.56 Å². The van der Waals surface area contributed by atoms with Crippen LogP contribution in [0.5, 0.6) is 0 Å². The first-order chi connectivity index (χ1) is 9.94. The molecule has 0 saturated heterocycles. The zero-order valence-electron chi connectivity index (χ0n) is 12.5. The molecule has 0 heterocycles. The van der Waals surface area contributed by atoms with Crippen molar-refractivity contribution in [3.8, 4) is 0 Å². The summed E-state index contributed by atoms with van der Waals surface area (Å²) < 4.78 is 27.8. The van der Waals surface area contributed by atoms with E-state index in [-0.39, 0.29) is 29.2 Å². The maximum atomic E-state index is 13.9. The van der Waals surface area contributed by atoms with Crippen LogP contribution >= 0.6 is 0 Å². The summed E-state index contributed by atoms with van der Waals surface area (Å²) >= 11 is 0. The van der Waals surface area contributed by atoms with Gasteiger partial charge in [-0.2, -0.15) is 0 Å². The maximum absolute atomic E-state index is 13.9. The number of aryl methyl sites for hydroxylation is 1. The summed E-state index contributed by atoms with van der Waals surface area (Å²) in [6.07, 6.45) is 2.65. The molecule has 21 heavy (non-hydrogen) atoms. The molecule has 0 saturated carbocycles. The van der Waals surface area contributed by atoms with Crippen molar-refractivity contribution in [1.29, 1.82) is 0 Å². The van der Waals surface area contributed by atoms with Crippen molar-refractivity contribution in [1.82, 2.24) is 0 Å². The lowest BCUT2D eigenvalue weighted by Crippen LogP contribution is -2.11. The smallest absolute Gasteiger partial charge is 0.167 e. The molecule has 0 radical (unpaired) electrons. The monoisotopic (exact) mass is 291 g/mol. The number of ketones is 1. The van der Waals surface area contributed by atoms with Crippen LogP contribution in [-0.4, -0.2) is 5.78 Å². The molecule has 0 aliphatic heterocycles. The summed E-state index contributed by atoms with van der Waals surface area (Å²) in [6, 6.07) is 4.62. The molecule has 1 rings (SSSR count). The molecule has 4 heteroatoms. The van der Waals surface area contributed by atoms with Crippen LogP contribution in [0.25, 0.3) is 0 Å². The zero-order valence-corrected chi connectivity index (χ0v) is 12.5. The van der Waals surface area contributed by atoms with Crippen LogP contribution in [0.1, 0.15) is 25.8 Å². The Hall–Kier alpha value is -2.23. The lowest BCUT2D eigenvalue weighted by Gasteiger charge is -2.13. The van der Waals surface area contributed by atoms with Gasteiger partial charge in [0.25, 0.3) is 0 Å². The van der Waals surface area contributed by atoms with Crippen LogP contribution in [0.4, 0.5) is 14.5 Å². The number of carbonyl (C=O) groups excluding carboxylic acids is 1. The van der Waals surface area contributed by atoms with Gasteiger partial charge in [0.2, 0.25) is 0 Å². The van der Waals surface area contributed by atoms with Gasteiger partial charge in [0.05, 0.1) is 17.0 Å². The standard InChI is InChI=1S/C17H19F2NO/c1-5-12(18)17(16(21)7-3)14(6-2)20-15-9-8-11(4)10-13(15)19/h5-6,8-10,20H,2,7H2,1,3-4H3/b12-5+,17-14-. The van der Waals surface area contributed by atoms with Gasteiger partial charge in [-0.15, -0.1) is 0 Å². The molecule has 0 aliphatic carbocycles. The molecule has 0 spiro atoms. The number of hydrogen-bond acceptors (Lipinski definition) is 2. The Morgan fingerprint density at radius 2 is 2.10 bits per heavy atom. The summed E-state index contributed by atoms with van der Waals surface area (Å²) in [5, 5.41) is 2.74. The molecule has 0 fully saturated rings. The topological polar surface area (TPSA) is 29.1 Å². The van der Waals surface area contributed by atoms with E-state index < -0.39 is 11.6 Å². The summed E-state index contributed by atoms with van der Waals surface area (Å²) in [7, 11) is 0. The lowest BCUT2D eigenvalue weighted by molar-refractivity contribution is -0.115. The Morgan fingerprint density at radius 3 is 2.57 bits per heavy atom. The summed E-state index contributed by atoms with van der Waals surface area (Å²) in [5.74, 6) is -1.50. The molecular weight excluding hydrogens is 272 g/mol. The molecule has 1 aromatic rings. The van der Waals surface area contributed by atoms with Crippen molar-refractivity contribution in [3.05, 3.63) is 65.4 Å². The highest BCUT2D eigenvalue weighted by molar-refractivity contribution is 6.00. The molecule has 0 bridgehead atoms. The highest BCUT2D eigenvalue weighted by Crippen LogP contribution is 2.23. The third-order valence-electron chi connectivity index (χ3n) is 2.96. The average Bonchev–Trinajstić information content (AvgIpc) is 2.47. The number of hydrogen-bond donors (Lipinski definition) is 1. The minimum atomic E-state index is -0.656. The van der Waals surface area contributed by atoms with Gasteiger partial charge in [0.15, 0.2) is 5.78 Å². The quantitative estimate of drug-likeness (QED) is 0.600. The first-order valence-electron chi connectivity index (χ1n) is 6.69. The van der Waals surface area contributed by atoms with E-state index in [1.165, 1.54) is 31.2 Å². The molecule has 1 N–H and O–H groups in total. The predicted octanol–water partition coefficient (Wildman–Crippen LogP) is 4.84. The van der Waals surface area contributed by atoms with E-state index in [9.17, 15) is 13.6 Å². The highest BCUT2D eigenvalue weighted by atomic mass is 19.1. The van der Waals surface area contributed by atoms with Crippen molar-refractivity contribution < 1.29 is 13.6 Å². The third-order valence-corrected chi connectivity index (χ3v) is 2.96. The molecule has 1 aromatic carbocycles. The van der Waals surface area contributed by atoms with Crippen molar-refractivity contribution in [3.63, 3.8) is 0 Å². The summed E-state index contributed by atoms with van der Waals surface area (Å²) in [5.41, 5.74) is 0.975. The van der Waals surface area contributed by atoms with E-state index in [1.54, 1.807) is 19.9 Å². The SMILES string of the molecule is C=C/C(Nc1ccc(C)cc1F)=C(C(=O)CC)\C(F)=C/C. The minimum Gasteiger partial charge on any atom is -0.352 e. The number of rotatable bonds is 6. The molecule has 0 aliphatic rings. The second-order valence-electron chi connectivity index (χ2n) is 4.51. The van der Waals surface area contributed by atoms with Gasteiger partial charge in [0.1, 0.15) is 11.6 Å². The molecular formula is C17H19F2NO. The fourth-order valence-corrected chi connectivity index (χ4v) is 1.82. The Labute approximate surface area is 123 Å². The van der Waals surface area contributed by atoms with Crippen molar-refractivity contribution in [2.75, 3.05) is 5.32 Å². The first-order valence-corrected chi connectivity index (χ1v) is 6.69. The maximum Gasteiger partial charge on any atom is 0.167 e. The van der Waals surface area contributed by atoms with E-state index in [4.69, 9.17) is 0 Å². The fourth-order valence-electron chi connectivity index (χ4n) is 1.82. The number of Topliss-reactive ketones (excluding diaryl/α,β-unsaturated/α-hetero) is 1. The Morgan fingerprint density at radius 1 is 1.43 bits per heavy atom. The predicted molar refractivity (Wildman–Crippen MR) is 82.1 cm³/mol. The van der Waals surface area contributed by atoms with Crippen LogP contribution < -0.4 is 5.32 Å². The average molecular weight is 291 g/mol. The molecule has 0 atom stereocenters. The first kappa shape index (κ1) is 16.8. The van der Waals surface area contributed by atoms with Crippen LogP contribution in [0.15, 0.2) is 54.0 Å². The normalized spacial score (nSPS) is 12.7. The van der Waals surface area contributed by atoms with Crippen LogP contribution in [-0.2, 0) is 4.79 Å². The lowest BCUT2D eigenvalue weighted by atomic mass is 10.0. The molecule has 112 valence electrons. The van der Waals surface area contributed by atoms with Crippen LogP contribution in [0.2, 0.25) is 0 Å². The van der Waals surface area contributed by atoms with Gasteiger partial charge in [0, 0.05) is 6.42 Å². The number of carbonyl (C=O) groups is 1. The van der Waals surface area contributed by atoms with Gasteiger partial charge < -0.3 is 5.32 Å². The number of halogens is 2. The second kappa shape index (κ2) is 7.53. The molecule has 0 aromatic heterocycles. The van der Waals surface area contributed by atoms with Crippen molar-refractivity contribution in [2.24, 2.45) is 0 Å². The Bertz CT molecular complexity index is 615. The van der Waals surface area contributed by atoms with Gasteiger partial charge in [-0.25, -0.2) is 8.78 Å². The minimum absolute atomic E-state index is 0.116. The number of anilines is 1. The zero-order chi connectivity index (χ0) is 16.0. The largest absolute Gasteiger partial charge is 0.352 e. The Balaban J connectivity index is 3.33. The molecule has 2 nitrogen and oxygen atoms in total.